The highest BCUT2D eigenvalue weighted by molar-refractivity contribution is 7.47. The van der Waals surface area contributed by atoms with Gasteiger partial charge < -0.3 is 4.74 Å². The first-order valence-electron chi connectivity index (χ1n) is 6.95. The molecule has 1 unspecified atom stereocenters. The monoisotopic (exact) mass is 324 g/mol. The van der Waals surface area contributed by atoms with Crippen LogP contribution in [-0.4, -0.2) is 49.9 Å². The molecule has 0 aliphatic rings. The average molecular weight is 324 g/mol. The van der Waals surface area contributed by atoms with Crippen molar-refractivity contribution in [3.63, 3.8) is 0 Å². The number of phosphoric acid groups is 1. The van der Waals surface area contributed by atoms with E-state index < -0.39 is 13.8 Å². The molecule has 0 aliphatic heterocycles. The molecule has 0 saturated carbocycles. The summed E-state index contributed by atoms with van der Waals surface area (Å²) >= 11 is 0. The number of carbonyl (C=O) groups is 1. The minimum atomic E-state index is -3.99. The van der Waals surface area contributed by atoms with Crippen molar-refractivity contribution in [2.45, 2.75) is 32.1 Å². The first-order chi connectivity index (χ1) is 9.66. The van der Waals surface area contributed by atoms with Crippen LogP contribution in [0.4, 0.5) is 0 Å². The van der Waals surface area contributed by atoms with E-state index in [2.05, 4.69) is 6.58 Å². The largest absolute Gasteiger partial charge is 0.518 e. The maximum Gasteiger partial charge on any atom is 0.518 e. The number of nitrogens with zero attached hydrogens (tertiary/aromatic N) is 1. The third kappa shape index (κ3) is 14.0. The Morgan fingerprint density at radius 3 is 2.19 bits per heavy atom. The molecule has 0 aliphatic carbocycles. The smallest absolute Gasteiger partial charge is 0.463 e. The summed E-state index contributed by atoms with van der Waals surface area (Å²) in [5.41, 5.74) is 0. The van der Waals surface area contributed by atoms with E-state index in [1.165, 1.54) is 0 Å². The molecule has 0 aromatic carbocycles. The molecule has 0 saturated heterocycles. The summed E-state index contributed by atoms with van der Waals surface area (Å²) in [6.07, 6.45) is 5.36. The Hall–Kier alpha value is -0.720. The van der Waals surface area contributed by atoms with Crippen LogP contribution in [0, 0.1) is 0 Å². The summed E-state index contributed by atoms with van der Waals surface area (Å²) in [4.78, 5) is 20.2. The van der Waals surface area contributed by atoms with Gasteiger partial charge in [0.05, 0.1) is 34.4 Å². The Morgan fingerprint density at radius 2 is 1.67 bits per heavy atom. The number of quaternary nitrogens is 1. The van der Waals surface area contributed by atoms with Crippen molar-refractivity contribution in [3.05, 3.63) is 12.7 Å². The minimum Gasteiger partial charge on any atom is -0.463 e. The van der Waals surface area contributed by atoms with Gasteiger partial charge in [-0.3, -0.25) is 9.42 Å². The Bertz CT molecular complexity index is 366. The Morgan fingerprint density at radius 1 is 1.14 bits per heavy atom. The lowest BCUT2D eigenvalue weighted by atomic mass is 10.1. The molecule has 124 valence electrons. The Labute approximate surface area is 126 Å². The Balaban J connectivity index is 3.50. The van der Waals surface area contributed by atoms with Gasteiger partial charge >= 0.3 is 13.8 Å². The second kappa shape index (κ2) is 10.1. The number of ether oxygens (including phenoxy) is 1. The van der Waals surface area contributed by atoms with Gasteiger partial charge in [-0.2, -0.15) is 4.65 Å². The summed E-state index contributed by atoms with van der Waals surface area (Å²) in [5.74, 6) is -0.403. The van der Waals surface area contributed by atoms with Gasteiger partial charge in [0.2, 0.25) is 0 Å². The molecular weight excluding hydrogens is 297 g/mol. The van der Waals surface area contributed by atoms with E-state index in [9.17, 15) is 14.3 Å². The summed E-state index contributed by atoms with van der Waals surface area (Å²) in [6, 6.07) is 0. The topological polar surface area (TPSA) is 82.1 Å². The molecule has 0 spiro atoms. The van der Waals surface area contributed by atoms with Crippen molar-refractivity contribution < 1.29 is 32.8 Å². The molecule has 1 atom stereocenters. The molecular formula is C13H27NO6P+. The molecule has 21 heavy (non-hydrogen) atoms. The molecule has 7 nitrogen and oxygen atoms in total. The van der Waals surface area contributed by atoms with Crippen molar-refractivity contribution in [3.8, 4) is 0 Å². The molecule has 0 heterocycles. The van der Waals surface area contributed by atoms with Crippen LogP contribution in [0.3, 0.4) is 0 Å². The van der Waals surface area contributed by atoms with Gasteiger partial charge in [-0.05, 0) is 12.8 Å². The quantitative estimate of drug-likeness (QED) is 0.148. The van der Waals surface area contributed by atoms with Crippen molar-refractivity contribution in [2.24, 2.45) is 0 Å². The molecule has 1 N–H and O–H groups in total. The summed E-state index contributed by atoms with van der Waals surface area (Å²) < 4.78 is 26.0. The lowest BCUT2D eigenvalue weighted by Crippen LogP contribution is -2.33. The molecule has 0 rings (SSSR count). The minimum absolute atomic E-state index is 0.1000. The normalized spacial score (nSPS) is 14.5. The second-order valence-corrected chi connectivity index (χ2v) is 6.77. The number of hydrogen-bond donors (Lipinski definition) is 1. The van der Waals surface area contributed by atoms with Gasteiger partial charge in [0.15, 0.2) is 0 Å². The van der Waals surface area contributed by atoms with Crippen LogP contribution in [0.1, 0.15) is 32.1 Å². The number of phosphoric ester groups is 1. The van der Waals surface area contributed by atoms with E-state index >= 15 is 0 Å². The number of carbonyl (C=O) groups excluding carboxylic acids is 1. The van der Waals surface area contributed by atoms with Crippen molar-refractivity contribution in [1.29, 1.82) is 0 Å². The fraction of sp³-hybridized carbons (Fsp3) is 0.769. The zero-order valence-corrected chi connectivity index (χ0v) is 14.0. The maximum absolute atomic E-state index is 11.5. The van der Waals surface area contributed by atoms with Crippen molar-refractivity contribution in [1.82, 2.24) is 0 Å². The van der Waals surface area contributed by atoms with Crippen LogP contribution >= 0.6 is 7.82 Å². The zero-order valence-electron chi connectivity index (χ0n) is 13.1. The SMILES string of the molecule is C=CC(=O)OCCCCCCCOP(=O)(O)O[N+](C)(C)C. The highest BCUT2D eigenvalue weighted by Crippen LogP contribution is 2.45. The van der Waals surface area contributed by atoms with Gasteiger partial charge in [0.1, 0.15) is 0 Å². The number of hydroxylamine groups is 3. The average Bonchev–Trinajstić information content (AvgIpc) is 2.33. The third-order valence-electron chi connectivity index (χ3n) is 2.30. The Kier molecular flexibility index (Phi) is 9.74. The summed E-state index contributed by atoms with van der Waals surface area (Å²) in [7, 11) is 0.902. The van der Waals surface area contributed by atoms with Crippen molar-refractivity contribution in [2.75, 3.05) is 34.4 Å². The molecule has 0 bridgehead atoms. The molecule has 0 aromatic rings. The fourth-order valence-corrected chi connectivity index (χ4v) is 2.51. The molecule has 0 amide bonds. The first kappa shape index (κ1) is 20.3. The van der Waals surface area contributed by atoms with Crippen LogP contribution < -0.4 is 0 Å². The van der Waals surface area contributed by atoms with Crippen LogP contribution in [0.5, 0.6) is 0 Å². The number of esters is 1. The van der Waals surface area contributed by atoms with Gasteiger partial charge in [0, 0.05) is 6.08 Å². The van der Waals surface area contributed by atoms with E-state index in [1.807, 2.05) is 0 Å². The second-order valence-electron chi connectivity index (χ2n) is 5.41. The maximum atomic E-state index is 11.5. The predicted octanol–water partition coefficient (Wildman–Crippen LogP) is 2.42. The molecule has 0 aromatic heterocycles. The third-order valence-corrected chi connectivity index (χ3v) is 3.51. The highest BCUT2D eigenvalue weighted by Gasteiger charge is 2.30. The first-order valence-corrected chi connectivity index (χ1v) is 8.45. The summed E-state index contributed by atoms with van der Waals surface area (Å²) in [6.45, 7) is 3.88. The van der Waals surface area contributed by atoms with E-state index in [4.69, 9.17) is 13.9 Å². The van der Waals surface area contributed by atoms with Crippen LogP contribution in [0.2, 0.25) is 0 Å². The van der Waals surface area contributed by atoms with Crippen molar-refractivity contribution >= 4 is 13.8 Å². The van der Waals surface area contributed by atoms with E-state index in [0.29, 0.717) is 13.0 Å². The van der Waals surface area contributed by atoms with Crippen LogP contribution in [0.15, 0.2) is 12.7 Å². The molecule has 0 fully saturated rings. The lowest BCUT2D eigenvalue weighted by Gasteiger charge is -2.22. The van der Waals surface area contributed by atoms with E-state index in [1.54, 1.807) is 21.1 Å². The predicted molar refractivity (Wildman–Crippen MR) is 79.1 cm³/mol. The van der Waals surface area contributed by atoms with Crippen LogP contribution in [-0.2, 0) is 23.2 Å². The van der Waals surface area contributed by atoms with Gasteiger partial charge in [-0.1, -0.05) is 30.5 Å². The lowest BCUT2D eigenvalue weighted by molar-refractivity contribution is -1.04. The van der Waals surface area contributed by atoms with Gasteiger partial charge in [0.25, 0.3) is 0 Å². The standard InChI is InChI=1S/C13H26NO6P/c1-5-13(15)18-11-9-7-6-8-10-12-19-21(16,17)20-14(2,3)4/h5H,1,6-12H2,2-4H3/p+1. The molecule has 8 heteroatoms. The van der Waals surface area contributed by atoms with Gasteiger partial charge in [-0.15, -0.1) is 0 Å². The van der Waals surface area contributed by atoms with Crippen LogP contribution in [0.25, 0.3) is 0 Å². The molecule has 0 radical (unpaired) electrons. The van der Waals surface area contributed by atoms with E-state index in [-0.39, 0.29) is 11.3 Å². The number of rotatable bonds is 12. The number of unbranched alkanes of at least 4 members (excludes halogenated alkanes) is 4. The zero-order chi connectivity index (χ0) is 16.4. The highest BCUT2D eigenvalue weighted by atomic mass is 31.2. The summed E-state index contributed by atoms with van der Waals surface area (Å²) in [5, 5.41) is 0. The fourth-order valence-electron chi connectivity index (χ4n) is 1.48. The van der Waals surface area contributed by atoms with E-state index in [0.717, 1.165) is 31.8 Å². The van der Waals surface area contributed by atoms with Gasteiger partial charge in [-0.25, -0.2) is 9.36 Å². The number of hydrogen-bond acceptors (Lipinski definition) is 5.